The van der Waals surface area contributed by atoms with E-state index in [9.17, 15) is 14.7 Å². The number of nitrogens with two attached hydrogens (primary N) is 1. The number of hydrogen-bond donors (Lipinski definition) is 3. The van der Waals surface area contributed by atoms with Crippen LogP contribution in [0.1, 0.15) is 17.2 Å². The summed E-state index contributed by atoms with van der Waals surface area (Å²) in [5, 5.41) is 12.3. The van der Waals surface area contributed by atoms with Gasteiger partial charge in [0.2, 0.25) is 6.10 Å². The summed E-state index contributed by atoms with van der Waals surface area (Å²) in [7, 11) is 0. The molecule has 2 rings (SSSR count). The molecule has 0 spiro atoms. The minimum absolute atomic E-state index is 0.349. The number of halogens is 1. The number of amides is 2. The number of carboxylic acids is 1. The minimum atomic E-state index is -1.20. The minimum Gasteiger partial charge on any atom is -0.478 e. The standard InChI is InChI=1S/C16H15ClN2O4/c1-9-7-10(5-6-13(9)19-16(18)22)14(15(20)21)23-12-4-2-3-11(17)8-12/h2-8,14H,1H3,(H,20,21)(H3,18,19,22). The molecule has 1 atom stereocenters. The van der Waals surface area contributed by atoms with Gasteiger partial charge in [-0.15, -0.1) is 0 Å². The van der Waals surface area contributed by atoms with Crippen LogP contribution in [-0.2, 0) is 4.79 Å². The molecule has 1 unspecified atom stereocenters. The Morgan fingerprint density at radius 2 is 2.00 bits per heavy atom. The third-order valence-corrected chi connectivity index (χ3v) is 3.32. The van der Waals surface area contributed by atoms with Crippen molar-refractivity contribution in [1.82, 2.24) is 0 Å². The summed E-state index contributed by atoms with van der Waals surface area (Å²) < 4.78 is 5.52. The van der Waals surface area contributed by atoms with Gasteiger partial charge in [0.15, 0.2) is 0 Å². The highest BCUT2D eigenvalue weighted by molar-refractivity contribution is 6.30. The topological polar surface area (TPSA) is 102 Å². The van der Waals surface area contributed by atoms with Crippen LogP contribution in [0, 0.1) is 6.92 Å². The van der Waals surface area contributed by atoms with Crippen molar-refractivity contribution in [1.29, 1.82) is 0 Å². The molecule has 0 aliphatic rings. The molecule has 0 aliphatic carbocycles. The van der Waals surface area contributed by atoms with Crippen molar-refractivity contribution in [2.75, 3.05) is 5.32 Å². The molecule has 0 saturated heterocycles. The van der Waals surface area contributed by atoms with Gasteiger partial charge in [-0.3, -0.25) is 0 Å². The zero-order valence-corrected chi connectivity index (χ0v) is 13.0. The van der Waals surface area contributed by atoms with Gasteiger partial charge in [-0.05, 0) is 42.8 Å². The van der Waals surface area contributed by atoms with E-state index in [4.69, 9.17) is 22.1 Å². The first-order chi connectivity index (χ1) is 10.9. The van der Waals surface area contributed by atoms with Gasteiger partial charge < -0.3 is 20.9 Å². The lowest BCUT2D eigenvalue weighted by molar-refractivity contribution is -0.145. The lowest BCUT2D eigenvalue weighted by Crippen LogP contribution is -2.21. The molecule has 23 heavy (non-hydrogen) atoms. The van der Waals surface area contributed by atoms with E-state index in [2.05, 4.69) is 5.32 Å². The van der Waals surface area contributed by atoms with Gasteiger partial charge in [0.1, 0.15) is 5.75 Å². The van der Waals surface area contributed by atoms with Crippen LogP contribution in [0.15, 0.2) is 42.5 Å². The molecule has 0 fully saturated rings. The van der Waals surface area contributed by atoms with E-state index in [0.717, 1.165) is 0 Å². The van der Waals surface area contributed by atoms with Crippen molar-refractivity contribution in [2.24, 2.45) is 5.73 Å². The van der Waals surface area contributed by atoms with Crippen LogP contribution in [0.25, 0.3) is 0 Å². The third-order valence-electron chi connectivity index (χ3n) is 3.09. The fraction of sp³-hybridized carbons (Fsp3) is 0.125. The van der Waals surface area contributed by atoms with Crippen LogP contribution in [-0.4, -0.2) is 17.1 Å². The molecule has 2 amide bonds. The van der Waals surface area contributed by atoms with E-state index >= 15 is 0 Å². The highest BCUT2D eigenvalue weighted by atomic mass is 35.5. The molecule has 6 nitrogen and oxygen atoms in total. The number of ether oxygens (including phenoxy) is 1. The summed E-state index contributed by atoms with van der Waals surface area (Å²) in [6.45, 7) is 1.73. The lowest BCUT2D eigenvalue weighted by Gasteiger charge is -2.17. The Balaban J connectivity index is 2.29. The Morgan fingerprint density at radius 1 is 1.26 bits per heavy atom. The van der Waals surface area contributed by atoms with Gasteiger partial charge >= 0.3 is 12.0 Å². The van der Waals surface area contributed by atoms with Crippen LogP contribution in [0.3, 0.4) is 0 Å². The first-order valence-corrected chi connectivity index (χ1v) is 7.06. The molecule has 7 heteroatoms. The number of aliphatic carboxylic acids is 1. The maximum atomic E-state index is 11.5. The van der Waals surface area contributed by atoms with Crippen molar-refractivity contribution in [3.8, 4) is 5.75 Å². The lowest BCUT2D eigenvalue weighted by atomic mass is 10.0. The van der Waals surface area contributed by atoms with Crippen LogP contribution in [0.2, 0.25) is 5.02 Å². The Labute approximate surface area is 137 Å². The van der Waals surface area contributed by atoms with Gasteiger partial charge in [-0.25, -0.2) is 9.59 Å². The van der Waals surface area contributed by atoms with Crippen molar-refractivity contribution >= 4 is 29.3 Å². The van der Waals surface area contributed by atoms with E-state index < -0.39 is 18.1 Å². The maximum Gasteiger partial charge on any atom is 0.349 e. The molecule has 0 aromatic heterocycles. The number of carbonyl (C=O) groups excluding carboxylic acids is 1. The molecule has 4 N–H and O–H groups in total. The number of aryl methyl sites for hydroxylation is 1. The van der Waals surface area contributed by atoms with E-state index in [1.807, 2.05) is 0 Å². The van der Waals surface area contributed by atoms with E-state index in [1.165, 1.54) is 6.07 Å². The SMILES string of the molecule is Cc1cc(C(Oc2cccc(Cl)c2)C(=O)O)ccc1NC(N)=O. The Morgan fingerprint density at radius 3 is 2.57 bits per heavy atom. The molecule has 0 heterocycles. The van der Waals surface area contributed by atoms with Crippen molar-refractivity contribution in [3.05, 3.63) is 58.6 Å². The number of anilines is 1. The summed E-state index contributed by atoms with van der Waals surface area (Å²) in [4.78, 5) is 22.4. The number of hydrogen-bond acceptors (Lipinski definition) is 3. The molecular weight excluding hydrogens is 320 g/mol. The largest absolute Gasteiger partial charge is 0.478 e. The first-order valence-electron chi connectivity index (χ1n) is 6.69. The van der Waals surface area contributed by atoms with Gasteiger partial charge in [0.05, 0.1) is 0 Å². The van der Waals surface area contributed by atoms with Gasteiger partial charge in [0.25, 0.3) is 0 Å². The summed E-state index contributed by atoms with van der Waals surface area (Å²) >= 11 is 5.87. The zero-order chi connectivity index (χ0) is 17.0. The molecule has 0 aliphatic heterocycles. The van der Waals surface area contributed by atoms with Gasteiger partial charge in [-0.1, -0.05) is 23.7 Å². The number of urea groups is 1. The normalized spacial score (nSPS) is 11.6. The number of rotatable bonds is 5. The molecule has 0 radical (unpaired) electrons. The average Bonchev–Trinajstić information content (AvgIpc) is 2.46. The van der Waals surface area contributed by atoms with Crippen LogP contribution < -0.4 is 15.8 Å². The Hall–Kier alpha value is -2.73. The quantitative estimate of drug-likeness (QED) is 0.780. The predicted octanol–water partition coefficient (Wildman–Crippen LogP) is 3.34. The molecule has 120 valence electrons. The zero-order valence-electron chi connectivity index (χ0n) is 12.2. The Kier molecular flexibility index (Phi) is 5.08. The number of carboxylic acid groups (broad SMARTS) is 1. The molecule has 0 bridgehead atoms. The van der Waals surface area contributed by atoms with E-state index in [1.54, 1.807) is 43.3 Å². The van der Waals surface area contributed by atoms with E-state index in [-0.39, 0.29) is 0 Å². The second-order valence-electron chi connectivity index (χ2n) is 4.86. The van der Waals surface area contributed by atoms with Crippen molar-refractivity contribution < 1.29 is 19.4 Å². The highest BCUT2D eigenvalue weighted by Gasteiger charge is 2.22. The monoisotopic (exact) mass is 334 g/mol. The predicted molar refractivity (Wildman–Crippen MR) is 86.8 cm³/mol. The summed E-state index contributed by atoms with van der Waals surface area (Å²) in [5.41, 5.74) is 6.69. The van der Waals surface area contributed by atoms with E-state index in [0.29, 0.717) is 27.6 Å². The van der Waals surface area contributed by atoms with Crippen molar-refractivity contribution in [2.45, 2.75) is 13.0 Å². The number of benzene rings is 2. The fourth-order valence-corrected chi connectivity index (χ4v) is 2.24. The van der Waals surface area contributed by atoms with Crippen molar-refractivity contribution in [3.63, 3.8) is 0 Å². The van der Waals surface area contributed by atoms with Crippen LogP contribution in [0.5, 0.6) is 5.75 Å². The number of carbonyl (C=O) groups is 2. The molecule has 0 saturated carbocycles. The van der Waals surface area contributed by atoms with Gasteiger partial charge in [-0.2, -0.15) is 0 Å². The van der Waals surface area contributed by atoms with Gasteiger partial charge in [0, 0.05) is 16.3 Å². The smallest absolute Gasteiger partial charge is 0.349 e. The summed E-state index contributed by atoms with van der Waals surface area (Å²) in [6.07, 6.45) is -1.20. The van der Waals surface area contributed by atoms with Crippen LogP contribution >= 0.6 is 11.6 Å². The first kappa shape index (κ1) is 16.6. The fourth-order valence-electron chi connectivity index (χ4n) is 2.06. The Bertz CT molecular complexity index is 749. The molecule has 2 aromatic rings. The van der Waals surface area contributed by atoms with Crippen LogP contribution in [0.4, 0.5) is 10.5 Å². The third kappa shape index (κ3) is 4.37. The molecule has 2 aromatic carbocycles. The molecular formula is C16H15ClN2O4. The highest BCUT2D eigenvalue weighted by Crippen LogP contribution is 2.27. The maximum absolute atomic E-state index is 11.5. The number of nitrogens with one attached hydrogen (secondary N) is 1. The summed E-state index contributed by atoms with van der Waals surface area (Å²) in [5.74, 6) is -0.790. The average molecular weight is 335 g/mol. The second kappa shape index (κ2) is 7.02. The second-order valence-corrected chi connectivity index (χ2v) is 5.29. The number of primary amides is 1. The summed E-state index contributed by atoms with van der Waals surface area (Å²) in [6, 6.07) is 10.6.